The molecule has 116 valence electrons. The van der Waals surface area contributed by atoms with Crippen molar-refractivity contribution in [2.24, 2.45) is 0 Å². The molecule has 2 aromatic rings. The lowest BCUT2D eigenvalue weighted by atomic mass is 10.2. The summed E-state index contributed by atoms with van der Waals surface area (Å²) in [4.78, 5) is 11.6. The van der Waals surface area contributed by atoms with Crippen LogP contribution in [0.15, 0.2) is 54.6 Å². The highest BCUT2D eigenvalue weighted by molar-refractivity contribution is 5.89. The number of ether oxygens (including phenoxy) is 1. The molecule has 2 N–H and O–H groups in total. The SMILES string of the molecule is O=C(NCCCOCc1ccccc1)Nc1ccccc1F. The summed E-state index contributed by atoms with van der Waals surface area (Å²) in [5.74, 6) is -0.455. The number of carbonyl (C=O) groups is 1. The molecule has 0 heterocycles. The van der Waals surface area contributed by atoms with Crippen LogP contribution in [0, 0.1) is 5.82 Å². The van der Waals surface area contributed by atoms with Crippen molar-refractivity contribution < 1.29 is 13.9 Å². The van der Waals surface area contributed by atoms with Gasteiger partial charge in [0.15, 0.2) is 0 Å². The standard InChI is InChI=1S/C17H19FN2O2/c18-15-9-4-5-10-16(15)20-17(21)19-11-6-12-22-13-14-7-2-1-3-8-14/h1-5,7-10H,6,11-13H2,(H2,19,20,21). The molecule has 5 heteroatoms. The molecule has 2 amide bonds. The molecule has 2 rings (SSSR count). The molecule has 0 atom stereocenters. The van der Waals surface area contributed by atoms with Crippen molar-refractivity contribution in [1.82, 2.24) is 5.32 Å². The third kappa shape index (κ3) is 5.54. The Morgan fingerprint density at radius 2 is 1.77 bits per heavy atom. The van der Waals surface area contributed by atoms with E-state index >= 15 is 0 Å². The molecule has 0 fully saturated rings. The van der Waals surface area contributed by atoms with Crippen molar-refractivity contribution in [3.63, 3.8) is 0 Å². The molecule has 0 aromatic heterocycles. The molecular formula is C17H19FN2O2. The first-order chi connectivity index (χ1) is 10.8. The summed E-state index contributed by atoms with van der Waals surface area (Å²) in [5, 5.41) is 5.12. The first-order valence-electron chi connectivity index (χ1n) is 7.17. The van der Waals surface area contributed by atoms with Gasteiger partial charge in [0.2, 0.25) is 0 Å². The Morgan fingerprint density at radius 1 is 1.05 bits per heavy atom. The molecule has 0 bridgehead atoms. The van der Waals surface area contributed by atoms with E-state index in [1.807, 2.05) is 30.3 Å². The van der Waals surface area contributed by atoms with Gasteiger partial charge in [-0.15, -0.1) is 0 Å². The summed E-state index contributed by atoms with van der Waals surface area (Å²) in [6.45, 7) is 1.58. The van der Waals surface area contributed by atoms with Gasteiger partial charge in [-0.2, -0.15) is 0 Å². The molecule has 0 aliphatic heterocycles. The van der Waals surface area contributed by atoms with Gasteiger partial charge in [0.1, 0.15) is 5.82 Å². The smallest absolute Gasteiger partial charge is 0.319 e. The molecule has 0 aliphatic carbocycles. The van der Waals surface area contributed by atoms with Gasteiger partial charge >= 0.3 is 6.03 Å². The van der Waals surface area contributed by atoms with Crippen molar-refractivity contribution in [2.75, 3.05) is 18.5 Å². The molecule has 0 unspecified atom stereocenters. The number of nitrogens with one attached hydrogen (secondary N) is 2. The molecule has 4 nitrogen and oxygen atoms in total. The zero-order valence-corrected chi connectivity index (χ0v) is 12.2. The fourth-order valence-electron chi connectivity index (χ4n) is 1.87. The van der Waals surface area contributed by atoms with Gasteiger partial charge in [-0.3, -0.25) is 0 Å². The lowest BCUT2D eigenvalue weighted by Crippen LogP contribution is -2.30. The minimum absolute atomic E-state index is 0.167. The zero-order chi connectivity index (χ0) is 15.6. The van der Waals surface area contributed by atoms with Crippen LogP contribution in [0.5, 0.6) is 0 Å². The van der Waals surface area contributed by atoms with Crippen molar-refractivity contribution in [3.8, 4) is 0 Å². The molecule has 22 heavy (non-hydrogen) atoms. The van der Waals surface area contributed by atoms with Crippen molar-refractivity contribution in [3.05, 3.63) is 66.0 Å². The molecule has 0 aliphatic rings. The van der Waals surface area contributed by atoms with Crippen LogP contribution >= 0.6 is 0 Å². The molecule has 2 aromatic carbocycles. The Bertz CT molecular complexity index is 590. The third-order valence-electron chi connectivity index (χ3n) is 2.98. The lowest BCUT2D eigenvalue weighted by Gasteiger charge is -2.08. The second kappa shape index (κ2) is 8.79. The molecule has 0 radical (unpaired) electrons. The van der Waals surface area contributed by atoms with E-state index in [2.05, 4.69) is 10.6 Å². The van der Waals surface area contributed by atoms with Crippen LogP contribution in [0.4, 0.5) is 14.9 Å². The van der Waals surface area contributed by atoms with Gasteiger partial charge in [-0.25, -0.2) is 9.18 Å². The van der Waals surface area contributed by atoms with E-state index in [0.29, 0.717) is 26.2 Å². The second-order valence-electron chi connectivity index (χ2n) is 4.75. The highest BCUT2D eigenvalue weighted by atomic mass is 19.1. The molecule has 0 saturated carbocycles. The van der Waals surface area contributed by atoms with E-state index in [4.69, 9.17) is 4.74 Å². The summed E-state index contributed by atoms with van der Waals surface area (Å²) in [6.07, 6.45) is 0.692. The maximum absolute atomic E-state index is 13.3. The largest absolute Gasteiger partial charge is 0.377 e. The van der Waals surface area contributed by atoms with E-state index in [1.54, 1.807) is 12.1 Å². The van der Waals surface area contributed by atoms with E-state index < -0.39 is 11.8 Å². The maximum atomic E-state index is 13.3. The number of benzene rings is 2. The van der Waals surface area contributed by atoms with Crippen LogP contribution in [0.3, 0.4) is 0 Å². The van der Waals surface area contributed by atoms with E-state index in [-0.39, 0.29) is 5.69 Å². The average molecular weight is 302 g/mol. The second-order valence-corrected chi connectivity index (χ2v) is 4.75. The number of hydrogen-bond acceptors (Lipinski definition) is 2. The Hall–Kier alpha value is -2.40. The van der Waals surface area contributed by atoms with Crippen LogP contribution in [-0.2, 0) is 11.3 Å². The summed E-state index contributed by atoms with van der Waals surface area (Å²) < 4.78 is 18.8. The fraction of sp³-hybridized carbons (Fsp3) is 0.235. The summed E-state index contributed by atoms with van der Waals surface area (Å²) >= 11 is 0. The average Bonchev–Trinajstić information content (AvgIpc) is 2.54. The van der Waals surface area contributed by atoms with Crippen LogP contribution in [0.25, 0.3) is 0 Å². The number of urea groups is 1. The Kier molecular flexibility index (Phi) is 6.39. The van der Waals surface area contributed by atoms with E-state index in [0.717, 1.165) is 5.56 Å². The van der Waals surface area contributed by atoms with Gasteiger partial charge in [-0.1, -0.05) is 42.5 Å². The topological polar surface area (TPSA) is 50.4 Å². The van der Waals surface area contributed by atoms with E-state index in [1.165, 1.54) is 12.1 Å². The lowest BCUT2D eigenvalue weighted by molar-refractivity contribution is 0.119. The van der Waals surface area contributed by atoms with Gasteiger partial charge in [0.25, 0.3) is 0 Å². The Labute approximate surface area is 129 Å². The Morgan fingerprint density at radius 3 is 2.55 bits per heavy atom. The van der Waals surface area contributed by atoms with Crippen LogP contribution in [0.2, 0.25) is 0 Å². The predicted octanol–water partition coefficient (Wildman–Crippen LogP) is 3.55. The highest BCUT2D eigenvalue weighted by Gasteiger charge is 2.04. The van der Waals surface area contributed by atoms with Crippen molar-refractivity contribution in [2.45, 2.75) is 13.0 Å². The quantitative estimate of drug-likeness (QED) is 0.768. The van der Waals surface area contributed by atoms with Crippen LogP contribution < -0.4 is 10.6 Å². The minimum atomic E-state index is -0.455. The number of para-hydroxylation sites is 1. The first kappa shape index (κ1) is 16.0. The highest BCUT2D eigenvalue weighted by Crippen LogP contribution is 2.11. The van der Waals surface area contributed by atoms with Crippen molar-refractivity contribution in [1.29, 1.82) is 0 Å². The monoisotopic (exact) mass is 302 g/mol. The Balaban J connectivity index is 1.57. The molecular weight excluding hydrogens is 283 g/mol. The summed E-state index contributed by atoms with van der Waals surface area (Å²) in [7, 11) is 0. The number of rotatable bonds is 7. The fourth-order valence-corrected chi connectivity index (χ4v) is 1.87. The van der Waals surface area contributed by atoms with Gasteiger partial charge in [0, 0.05) is 13.2 Å². The molecule has 0 spiro atoms. The zero-order valence-electron chi connectivity index (χ0n) is 12.2. The van der Waals surface area contributed by atoms with Crippen molar-refractivity contribution >= 4 is 11.7 Å². The number of amides is 2. The van der Waals surface area contributed by atoms with E-state index in [9.17, 15) is 9.18 Å². The van der Waals surface area contributed by atoms with Crippen LogP contribution in [0.1, 0.15) is 12.0 Å². The minimum Gasteiger partial charge on any atom is -0.377 e. The normalized spacial score (nSPS) is 10.2. The summed E-state index contributed by atoms with van der Waals surface area (Å²) in [5.41, 5.74) is 1.29. The van der Waals surface area contributed by atoms with Gasteiger partial charge < -0.3 is 15.4 Å². The van der Waals surface area contributed by atoms with Gasteiger partial charge in [0.05, 0.1) is 12.3 Å². The first-order valence-corrected chi connectivity index (χ1v) is 7.17. The van der Waals surface area contributed by atoms with Gasteiger partial charge in [-0.05, 0) is 24.1 Å². The maximum Gasteiger partial charge on any atom is 0.319 e. The number of halogens is 1. The summed E-state index contributed by atoms with van der Waals surface area (Å²) in [6, 6.07) is 15.5. The predicted molar refractivity (Wildman–Crippen MR) is 84.1 cm³/mol. The number of hydrogen-bond donors (Lipinski definition) is 2. The number of carbonyl (C=O) groups excluding carboxylic acids is 1. The van der Waals surface area contributed by atoms with Crippen LogP contribution in [-0.4, -0.2) is 19.2 Å². The third-order valence-corrected chi connectivity index (χ3v) is 2.98. The number of anilines is 1. The molecule has 0 saturated heterocycles.